The van der Waals surface area contributed by atoms with E-state index in [1.165, 1.54) is 17.8 Å². The Labute approximate surface area is 199 Å². The molecule has 3 unspecified atom stereocenters. The normalized spacial score (nSPS) is 31.7. The van der Waals surface area contributed by atoms with E-state index in [1.54, 1.807) is 18.2 Å². The summed E-state index contributed by atoms with van der Waals surface area (Å²) in [4.78, 5) is 29.8. The Hall–Kier alpha value is -3.14. The molecule has 1 aromatic rings. The van der Waals surface area contributed by atoms with Gasteiger partial charge in [-0.05, 0) is 80.4 Å². The molecule has 0 aromatic carbocycles. The van der Waals surface area contributed by atoms with Gasteiger partial charge in [0.25, 0.3) is 0 Å². The van der Waals surface area contributed by atoms with Crippen molar-refractivity contribution in [3.05, 3.63) is 47.7 Å². The van der Waals surface area contributed by atoms with Gasteiger partial charge in [-0.15, -0.1) is 0 Å². The summed E-state index contributed by atoms with van der Waals surface area (Å²) >= 11 is 0. The number of hydrogen-bond donors (Lipinski definition) is 2. The van der Waals surface area contributed by atoms with Crippen LogP contribution < -0.4 is 5.32 Å². The molecule has 0 radical (unpaired) electrons. The number of nitrogens with one attached hydrogen (secondary N) is 2. The van der Waals surface area contributed by atoms with Crippen LogP contribution in [-0.2, 0) is 9.59 Å². The second-order valence-corrected chi connectivity index (χ2v) is 10.1. The van der Waals surface area contributed by atoms with Crippen molar-refractivity contribution in [2.45, 2.75) is 58.3 Å². The quantitative estimate of drug-likeness (QED) is 0.543. The number of halogens is 1. The molecule has 178 valence electrons. The lowest BCUT2D eigenvalue weighted by atomic mass is 9.54. The van der Waals surface area contributed by atoms with E-state index in [0.717, 1.165) is 32.1 Å². The molecule has 6 nitrogen and oxygen atoms in total. The first-order chi connectivity index (χ1) is 16.3. The van der Waals surface area contributed by atoms with Crippen molar-refractivity contribution >= 4 is 23.5 Å². The second-order valence-electron chi connectivity index (χ2n) is 10.1. The summed E-state index contributed by atoms with van der Waals surface area (Å²) in [5.74, 6) is 0.894. The number of carbonyl (C=O) groups excluding carboxylic acids is 2. The fourth-order valence-electron chi connectivity index (χ4n) is 6.72. The Morgan fingerprint density at radius 1 is 1.41 bits per heavy atom. The topological polar surface area (TPSA) is 107 Å². The van der Waals surface area contributed by atoms with E-state index in [2.05, 4.69) is 17.2 Å². The number of pyridine rings is 1. The number of anilines is 1. The molecule has 7 heteroatoms. The van der Waals surface area contributed by atoms with Crippen molar-refractivity contribution in [1.82, 2.24) is 4.98 Å². The van der Waals surface area contributed by atoms with E-state index in [0.29, 0.717) is 48.3 Å². The number of aromatic nitrogens is 1. The largest absolute Gasteiger partial charge is 0.311 e. The van der Waals surface area contributed by atoms with Crippen LogP contribution in [0.3, 0.4) is 0 Å². The van der Waals surface area contributed by atoms with Crippen LogP contribution in [0.15, 0.2) is 42.1 Å². The number of nitriles is 1. The average Bonchev–Trinajstić information content (AvgIpc) is 3.08. The first-order valence-electron chi connectivity index (χ1n) is 12.1. The van der Waals surface area contributed by atoms with Gasteiger partial charge in [-0.25, -0.2) is 4.98 Å². The third-order valence-corrected chi connectivity index (χ3v) is 8.22. The zero-order valence-corrected chi connectivity index (χ0v) is 19.5. The monoisotopic (exact) mass is 462 g/mol. The van der Waals surface area contributed by atoms with Crippen LogP contribution in [0.1, 0.15) is 63.9 Å². The van der Waals surface area contributed by atoms with Crippen LogP contribution in [0.5, 0.6) is 0 Å². The van der Waals surface area contributed by atoms with Crippen molar-refractivity contribution in [3.63, 3.8) is 0 Å². The molecule has 0 saturated heterocycles. The fourth-order valence-corrected chi connectivity index (χ4v) is 6.72. The number of hydrogen-bond acceptors (Lipinski definition) is 5. The van der Waals surface area contributed by atoms with Crippen LogP contribution >= 0.6 is 0 Å². The minimum atomic E-state index is -0.948. The highest BCUT2D eigenvalue weighted by molar-refractivity contribution is 5.90. The maximum absolute atomic E-state index is 13.1. The highest BCUT2D eigenvalue weighted by atomic mass is 19.1. The molecular weight excluding hydrogens is 431 g/mol. The van der Waals surface area contributed by atoms with Crippen molar-refractivity contribution in [3.8, 4) is 6.07 Å². The van der Waals surface area contributed by atoms with Crippen molar-refractivity contribution in [2.75, 3.05) is 5.32 Å². The summed E-state index contributed by atoms with van der Waals surface area (Å²) in [5, 5.41) is 18.6. The first kappa shape index (κ1) is 24.0. The Morgan fingerprint density at radius 2 is 2.24 bits per heavy atom. The molecule has 3 aliphatic carbocycles. The maximum atomic E-state index is 13.1. The number of rotatable bonds is 6. The number of amides is 1. The third-order valence-electron chi connectivity index (χ3n) is 8.22. The summed E-state index contributed by atoms with van der Waals surface area (Å²) < 4.78 is 12.8. The third kappa shape index (κ3) is 4.86. The van der Waals surface area contributed by atoms with Gasteiger partial charge in [0.1, 0.15) is 17.7 Å². The van der Waals surface area contributed by atoms with E-state index < -0.39 is 5.97 Å². The van der Waals surface area contributed by atoms with E-state index in [9.17, 15) is 14.0 Å². The molecule has 3 aliphatic rings. The lowest BCUT2D eigenvalue weighted by molar-refractivity contribution is -0.130. The molecule has 4 rings (SSSR count). The second kappa shape index (κ2) is 10.0. The average molecular weight is 463 g/mol. The van der Waals surface area contributed by atoms with Gasteiger partial charge in [0.15, 0.2) is 0 Å². The highest BCUT2D eigenvalue weighted by Gasteiger charge is 2.58. The van der Waals surface area contributed by atoms with Gasteiger partial charge >= 0.3 is 0 Å². The standard InChI is InChI=1S/C27H31FN4O2/c1-27-13-12-20-18(5-3-7-23(28)30)4-2-6-21(20)26(27)19(14-22(27)33)9-11-25(34)32-24-10-8-17(15-29)16-31-24/h3,5,7-8,10,16,19-21,26,30H,2,4,6,9,11-14H2,1H3,(H,31,32,34)/b7-3-,18-5+,30-23?/t19-,20?,21?,26?,27-/m1/s1. The van der Waals surface area contributed by atoms with Gasteiger partial charge in [0.2, 0.25) is 11.9 Å². The Bertz CT molecular complexity index is 1070. The Morgan fingerprint density at radius 3 is 2.94 bits per heavy atom. The van der Waals surface area contributed by atoms with Crippen LogP contribution in [-0.4, -0.2) is 22.6 Å². The smallest absolute Gasteiger partial charge is 0.225 e. The molecule has 0 aliphatic heterocycles. The van der Waals surface area contributed by atoms with E-state index in [-0.39, 0.29) is 23.2 Å². The molecule has 1 aromatic heterocycles. The zero-order chi connectivity index (χ0) is 24.3. The Balaban J connectivity index is 1.45. The van der Waals surface area contributed by atoms with Crippen molar-refractivity contribution in [1.29, 1.82) is 10.7 Å². The summed E-state index contributed by atoms with van der Waals surface area (Å²) in [5.41, 5.74) is 1.42. The summed E-state index contributed by atoms with van der Waals surface area (Å²) in [6, 6.07) is 5.24. The number of ketones is 1. The molecule has 0 bridgehead atoms. The predicted octanol–water partition coefficient (Wildman–Crippen LogP) is 5.52. The van der Waals surface area contributed by atoms with Gasteiger partial charge in [-0.3, -0.25) is 15.0 Å². The maximum Gasteiger partial charge on any atom is 0.225 e. The fraction of sp³-hybridized carbons (Fsp3) is 0.519. The molecule has 3 saturated carbocycles. The van der Waals surface area contributed by atoms with Crippen LogP contribution in [0, 0.1) is 45.8 Å². The molecule has 5 atom stereocenters. The lowest BCUT2D eigenvalue weighted by Crippen LogP contribution is -2.45. The number of nitrogens with zero attached hydrogens (tertiary/aromatic N) is 2. The molecule has 2 N–H and O–H groups in total. The molecule has 1 amide bonds. The van der Waals surface area contributed by atoms with E-state index >= 15 is 0 Å². The SMILES string of the molecule is C[C@]12CCC3/C(=C/C=C\C(=N)F)CCCC3C1[C@H](CCC(=O)Nc1ccc(C#N)cn1)CC2=O. The molecule has 34 heavy (non-hydrogen) atoms. The number of fused-ring (bicyclic) bond motifs is 3. The van der Waals surface area contributed by atoms with Gasteiger partial charge in [-0.2, -0.15) is 9.65 Å². The zero-order valence-electron chi connectivity index (χ0n) is 19.5. The number of Topliss-reactive ketones (excluding diaryl/α,β-unsaturated/α-hetero) is 1. The van der Waals surface area contributed by atoms with E-state index in [4.69, 9.17) is 10.7 Å². The van der Waals surface area contributed by atoms with Gasteiger partial charge < -0.3 is 5.32 Å². The van der Waals surface area contributed by atoms with E-state index in [1.807, 2.05) is 12.1 Å². The molecular formula is C27H31FN4O2. The Kier molecular flexibility index (Phi) is 7.06. The first-order valence-corrected chi connectivity index (χ1v) is 12.1. The minimum absolute atomic E-state index is 0.131. The van der Waals surface area contributed by atoms with Crippen LogP contribution in [0.2, 0.25) is 0 Å². The van der Waals surface area contributed by atoms with Gasteiger partial charge in [0.05, 0.1) is 5.56 Å². The summed E-state index contributed by atoms with van der Waals surface area (Å²) in [6.45, 7) is 2.12. The predicted molar refractivity (Wildman–Crippen MR) is 128 cm³/mol. The number of allylic oxidation sites excluding steroid dienone is 4. The lowest BCUT2D eigenvalue weighted by Gasteiger charge is -2.50. The van der Waals surface area contributed by atoms with Crippen LogP contribution in [0.4, 0.5) is 10.2 Å². The summed E-state index contributed by atoms with van der Waals surface area (Å²) in [7, 11) is 0. The van der Waals surface area contributed by atoms with Crippen LogP contribution in [0.25, 0.3) is 0 Å². The van der Waals surface area contributed by atoms with Gasteiger partial charge in [-0.1, -0.05) is 24.6 Å². The highest BCUT2D eigenvalue weighted by Crippen LogP contribution is 2.61. The van der Waals surface area contributed by atoms with Crippen molar-refractivity contribution in [2.24, 2.45) is 29.1 Å². The summed E-state index contributed by atoms with van der Waals surface area (Å²) in [6.07, 6.45) is 12.7. The molecule has 0 spiro atoms. The molecule has 1 heterocycles. The molecule has 3 fully saturated rings. The van der Waals surface area contributed by atoms with Crippen molar-refractivity contribution < 1.29 is 14.0 Å². The minimum Gasteiger partial charge on any atom is -0.311 e. The van der Waals surface area contributed by atoms with Gasteiger partial charge in [0, 0.05) is 24.5 Å². The number of carbonyl (C=O) groups is 2.